The maximum absolute atomic E-state index is 13.6. The first-order valence-electron chi connectivity index (χ1n) is 6.63. The molecule has 18 heavy (non-hydrogen) atoms. The van der Waals surface area contributed by atoms with Gasteiger partial charge in [-0.1, -0.05) is 6.07 Å². The lowest BCUT2D eigenvalue weighted by Crippen LogP contribution is -2.22. The fourth-order valence-corrected chi connectivity index (χ4v) is 2.26. The van der Waals surface area contributed by atoms with Crippen LogP contribution in [0.4, 0.5) is 4.39 Å². The third kappa shape index (κ3) is 3.68. The van der Waals surface area contributed by atoms with Gasteiger partial charge in [0.25, 0.3) is 0 Å². The standard InChI is InChI=1S/C14H21FN2O/c15-13-10-12(11-16)4-5-14(13)18-9-3-8-17-6-1-2-7-17/h4-5,10H,1-3,6-9,11,16H2. The van der Waals surface area contributed by atoms with Crippen molar-refractivity contribution >= 4 is 0 Å². The normalized spacial score (nSPS) is 16.1. The van der Waals surface area contributed by atoms with Crippen LogP contribution in [0.15, 0.2) is 18.2 Å². The molecule has 1 aromatic rings. The Kier molecular flexibility index (Phi) is 4.96. The Morgan fingerprint density at radius 2 is 2.06 bits per heavy atom. The zero-order valence-electron chi connectivity index (χ0n) is 10.7. The molecule has 0 aliphatic carbocycles. The molecule has 0 atom stereocenters. The quantitative estimate of drug-likeness (QED) is 0.788. The third-order valence-corrected chi connectivity index (χ3v) is 3.31. The summed E-state index contributed by atoms with van der Waals surface area (Å²) in [6.45, 7) is 4.35. The Morgan fingerprint density at radius 1 is 1.28 bits per heavy atom. The molecule has 1 saturated heterocycles. The molecule has 0 aromatic heterocycles. The summed E-state index contributed by atoms with van der Waals surface area (Å²) in [7, 11) is 0. The van der Waals surface area contributed by atoms with Gasteiger partial charge in [0, 0.05) is 13.1 Å². The minimum Gasteiger partial charge on any atom is -0.490 e. The van der Waals surface area contributed by atoms with Gasteiger partial charge in [-0.05, 0) is 50.0 Å². The van der Waals surface area contributed by atoms with Crippen molar-refractivity contribution in [3.63, 3.8) is 0 Å². The number of hydrogen-bond donors (Lipinski definition) is 1. The average Bonchev–Trinajstić information content (AvgIpc) is 2.89. The van der Waals surface area contributed by atoms with Crippen LogP contribution in [0.3, 0.4) is 0 Å². The van der Waals surface area contributed by atoms with Crippen molar-refractivity contribution < 1.29 is 9.13 Å². The first-order chi connectivity index (χ1) is 8.79. The molecular formula is C14H21FN2O. The van der Waals surface area contributed by atoms with Gasteiger partial charge in [0.1, 0.15) is 0 Å². The van der Waals surface area contributed by atoms with E-state index in [0.29, 0.717) is 18.9 Å². The second kappa shape index (κ2) is 6.71. The Hall–Kier alpha value is -1.13. The lowest BCUT2D eigenvalue weighted by molar-refractivity contribution is 0.255. The molecular weight excluding hydrogens is 231 g/mol. The SMILES string of the molecule is NCc1ccc(OCCCN2CCCC2)c(F)c1. The van der Waals surface area contributed by atoms with Crippen molar-refractivity contribution in [3.8, 4) is 5.75 Å². The van der Waals surface area contributed by atoms with E-state index in [9.17, 15) is 4.39 Å². The van der Waals surface area contributed by atoms with Crippen LogP contribution in [0.2, 0.25) is 0 Å². The zero-order valence-corrected chi connectivity index (χ0v) is 10.7. The molecule has 0 bridgehead atoms. The highest BCUT2D eigenvalue weighted by molar-refractivity contribution is 5.29. The van der Waals surface area contributed by atoms with Gasteiger partial charge in [0.05, 0.1) is 6.61 Å². The molecule has 3 nitrogen and oxygen atoms in total. The Morgan fingerprint density at radius 3 is 2.72 bits per heavy atom. The van der Waals surface area contributed by atoms with Crippen LogP contribution in [0.1, 0.15) is 24.8 Å². The Labute approximate surface area is 108 Å². The molecule has 1 aromatic carbocycles. The Bertz CT molecular complexity index is 378. The molecule has 1 aliphatic rings. The van der Waals surface area contributed by atoms with Crippen LogP contribution < -0.4 is 10.5 Å². The van der Waals surface area contributed by atoms with E-state index in [2.05, 4.69) is 4.90 Å². The summed E-state index contributed by atoms with van der Waals surface area (Å²) in [6.07, 6.45) is 3.55. The molecule has 2 rings (SSSR count). The van der Waals surface area contributed by atoms with Crippen LogP contribution in [0.25, 0.3) is 0 Å². The number of nitrogens with two attached hydrogens (primary N) is 1. The van der Waals surface area contributed by atoms with Gasteiger partial charge in [-0.25, -0.2) is 4.39 Å². The van der Waals surface area contributed by atoms with Gasteiger partial charge >= 0.3 is 0 Å². The van der Waals surface area contributed by atoms with Crippen LogP contribution in [0, 0.1) is 5.82 Å². The highest BCUT2D eigenvalue weighted by Crippen LogP contribution is 2.18. The van der Waals surface area contributed by atoms with Gasteiger partial charge in [0.2, 0.25) is 0 Å². The molecule has 0 amide bonds. The number of nitrogens with zero attached hydrogens (tertiary/aromatic N) is 1. The highest BCUT2D eigenvalue weighted by Gasteiger charge is 2.10. The van der Waals surface area contributed by atoms with E-state index in [4.69, 9.17) is 10.5 Å². The van der Waals surface area contributed by atoms with E-state index < -0.39 is 0 Å². The summed E-state index contributed by atoms with van der Waals surface area (Å²) in [5.41, 5.74) is 6.24. The van der Waals surface area contributed by atoms with Crippen LogP contribution in [-0.4, -0.2) is 31.1 Å². The number of ether oxygens (including phenoxy) is 1. The van der Waals surface area contributed by atoms with E-state index in [0.717, 1.165) is 18.5 Å². The van der Waals surface area contributed by atoms with Gasteiger partial charge < -0.3 is 15.4 Å². The largest absolute Gasteiger partial charge is 0.490 e. The van der Waals surface area contributed by atoms with Gasteiger partial charge in [-0.2, -0.15) is 0 Å². The summed E-state index contributed by atoms with van der Waals surface area (Å²) in [5.74, 6) is 0.00717. The molecule has 1 aliphatic heterocycles. The molecule has 0 radical (unpaired) electrons. The van der Waals surface area contributed by atoms with E-state index in [-0.39, 0.29) is 5.82 Å². The van der Waals surface area contributed by atoms with Crippen LogP contribution >= 0.6 is 0 Å². The molecule has 4 heteroatoms. The van der Waals surface area contributed by atoms with Gasteiger partial charge in [-0.15, -0.1) is 0 Å². The number of benzene rings is 1. The van der Waals surface area contributed by atoms with E-state index in [1.807, 2.05) is 0 Å². The summed E-state index contributed by atoms with van der Waals surface area (Å²) >= 11 is 0. The van der Waals surface area contributed by atoms with Crippen molar-refractivity contribution in [3.05, 3.63) is 29.6 Å². The molecule has 2 N–H and O–H groups in total. The van der Waals surface area contributed by atoms with E-state index in [1.54, 1.807) is 12.1 Å². The Balaban J connectivity index is 1.72. The number of likely N-dealkylation sites (tertiary alicyclic amines) is 1. The van der Waals surface area contributed by atoms with Crippen molar-refractivity contribution in [1.82, 2.24) is 4.90 Å². The van der Waals surface area contributed by atoms with Crippen molar-refractivity contribution in [1.29, 1.82) is 0 Å². The summed E-state index contributed by atoms with van der Waals surface area (Å²) in [6, 6.07) is 4.90. The number of hydrogen-bond acceptors (Lipinski definition) is 3. The maximum Gasteiger partial charge on any atom is 0.165 e. The number of rotatable bonds is 6. The molecule has 0 spiro atoms. The van der Waals surface area contributed by atoms with Crippen molar-refractivity contribution in [2.24, 2.45) is 5.73 Å². The second-order valence-electron chi connectivity index (χ2n) is 4.72. The average molecular weight is 252 g/mol. The predicted molar refractivity (Wildman–Crippen MR) is 70.1 cm³/mol. The van der Waals surface area contributed by atoms with Gasteiger partial charge in [0.15, 0.2) is 11.6 Å². The van der Waals surface area contributed by atoms with Gasteiger partial charge in [-0.3, -0.25) is 0 Å². The molecule has 1 heterocycles. The second-order valence-corrected chi connectivity index (χ2v) is 4.72. The van der Waals surface area contributed by atoms with Crippen molar-refractivity contribution in [2.45, 2.75) is 25.8 Å². The van der Waals surface area contributed by atoms with E-state index >= 15 is 0 Å². The summed E-state index contributed by atoms with van der Waals surface area (Å²) in [4.78, 5) is 2.43. The minimum atomic E-state index is -0.320. The third-order valence-electron chi connectivity index (χ3n) is 3.31. The monoisotopic (exact) mass is 252 g/mol. The highest BCUT2D eigenvalue weighted by atomic mass is 19.1. The zero-order chi connectivity index (χ0) is 12.8. The minimum absolute atomic E-state index is 0.320. The summed E-state index contributed by atoms with van der Waals surface area (Å²) < 4.78 is 19.0. The fraction of sp³-hybridized carbons (Fsp3) is 0.571. The topological polar surface area (TPSA) is 38.5 Å². The fourth-order valence-electron chi connectivity index (χ4n) is 2.26. The predicted octanol–water partition coefficient (Wildman–Crippen LogP) is 2.15. The summed E-state index contributed by atoms with van der Waals surface area (Å²) in [5, 5.41) is 0. The molecule has 0 unspecified atom stereocenters. The lowest BCUT2D eigenvalue weighted by Gasteiger charge is -2.14. The maximum atomic E-state index is 13.6. The van der Waals surface area contributed by atoms with Crippen LogP contribution in [-0.2, 0) is 6.54 Å². The number of halogens is 1. The smallest absolute Gasteiger partial charge is 0.165 e. The molecule has 100 valence electrons. The first-order valence-corrected chi connectivity index (χ1v) is 6.63. The lowest BCUT2D eigenvalue weighted by atomic mass is 10.2. The molecule has 0 saturated carbocycles. The van der Waals surface area contributed by atoms with Crippen molar-refractivity contribution in [2.75, 3.05) is 26.2 Å². The van der Waals surface area contributed by atoms with Crippen LogP contribution in [0.5, 0.6) is 5.75 Å². The first kappa shape index (κ1) is 13.3. The van der Waals surface area contributed by atoms with E-state index in [1.165, 1.54) is 32.0 Å². The molecule has 1 fully saturated rings.